The number of carbonyl (C=O) groups excluding carboxylic acids is 1. The van der Waals surface area contributed by atoms with Crippen molar-refractivity contribution in [1.82, 2.24) is 10.2 Å². The minimum atomic E-state index is -4.57. The van der Waals surface area contributed by atoms with Crippen LogP contribution in [0.3, 0.4) is 0 Å². The summed E-state index contributed by atoms with van der Waals surface area (Å²) in [5, 5.41) is 7.22. The van der Waals surface area contributed by atoms with Crippen molar-refractivity contribution in [1.29, 1.82) is 0 Å². The van der Waals surface area contributed by atoms with Crippen LogP contribution in [0.15, 0.2) is 24.3 Å². The summed E-state index contributed by atoms with van der Waals surface area (Å²) in [5.41, 5.74) is 0.280. The lowest BCUT2D eigenvalue weighted by atomic mass is 10.2. The van der Waals surface area contributed by atoms with Crippen LogP contribution in [0.25, 0.3) is 0 Å². The summed E-state index contributed by atoms with van der Waals surface area (Å²) in [6.07, 6.45) is -4.57. The third kappa shape index (κ3) is 3.91. The number of ether oxygens (including phenoxy) is 1. The molecule has 0 saturated heterocycles. The molecule has 1 aromatic heterocycles. The molecule has 0 aliphatic heterocycles. The SMILES string of the molecule is CCOc1ccc(C(=O)Nc2nnc(C(F)(F)F)s2)cc1. The van der Waals surface area contributed by atoms with Gasteiger partial charge in [-0.05, 0) is 31.2 Å². The van der Waals surface area contributed by atoms with E-state index in [4.69, 9.17) is 4.74 Å². The smallest absolute Gasteiger partial charge is 0.445 e. The number of benzene rings is 1. The number of hydrogen-bond donors (Lipinski definition) is 1. The van der Waals surface area contributed by atoms with Crippen molar-refractivity contribution in [2.45, 2.75) is 13.1 Å². The number of halogens is 3. The molecule has 1 amide bonds. The number of rotatable bonds is 4. The van der Waals surface area contributed by atoms with Gasteiger partial charge in [-0.15, -0.1) is 10.2 Å². The zero-order valence-corrected chi connectivity index (χ0v) is 11.6. The molecule has 1 aromatic carbocycles. The summed E-state index contributed by atoms with van der Waals surface area (Å²) >= 11 is 0.270. The lowest BCUT2D eigenvalue weighted by molar-refractivity contribution is -0.138. The molecule has 0 aliphatic carbocycles. The maximum Gasteiger partial charge on any atom is 0.445 e. The average Bonchev–Trinajstić information content (AvgIpc) is 2.88. The van der Waals surface area contributed by atoms with Crippen LogP contribution in [-0.4, -0.2) is 22.7 Å². The number of carbonyl (C=O) groups is 1. The summed E-state index contributed by atoms with van der Waals surface area (Å²) in [6, 6.07) is 6.21. The zero-order valence-electron chi connectivity index (χ0n) is 10.8. The van der Waals surface area contributed by atoms with Crippen molar-refractivity contribution in [3.63, 3.8) is 0 Å². The normalized spacial score (nSPS) is 11.2. The number of alkyl halides is 3. The minimum Gasteiger partial charge on any atom is -0.494 e. The fraction of sp³-hybridized carbons (Fsp3) is 0.250. The van der Waals surface area contributed by atoms with Gasteiger partial charge in [0.05, 0.1) is 6.61 Å². The molecule has 0 atom stereocenters. The van der Waals surface area contributed by atoms with E-state index >= 15 is 0 Å². The van der Waals surface area contributed by atoms with Crippen molar-refractivity contribution in [3.05, 3.63) is 34.8 Å². The zero-order chi connectivity index (χ0) is 15.5. The molecule has 0 bridgehead atoms. The number of nitrogens with zero attached hydrogens (tertiary/aromatic N) is 2. The Balaban J connectivity index is 2.05. The fourth-order valence-electron chi connectivity index (χ4n) is 1.43. The van der Waals surface area contributed by atoms with Crippen LogP contribution in [0, 0.1) is 0 Å². The number of hydrogen-bond acceptors (Lipinski definition) is 5. The van der Waals surface area contributed by atoms with E-state index in [1.54, 1.807) is 12.1 Å². The summed E-state index contributed by atoms with van der Waals surface area (Å²) in [4.78, 5) is 11.8. The van der Waals surface area contributed by atoms with Gasteiger partial charge in [0.1, 0.15) is 5.75 Å². The van der Waals surface area contributed by atoms with Gasteiger partial charge in [0.2, 0.25) is 10.1 Å². The summed E-state index contributed by atoms with van der Waals surface area (Å²) < 4.78 is 42.3. The molecule has 0 spiro atoms. The predicted molar refractivity (Wildman–Crippen MR) is 70.5 cm³/mol. The highest BCUT2D eigenvalue weighted by Gasteiger charge is 2.35. The van der Waals surface area contributed by atoms with Crippen LogP contribution in [-0.2, 0) is 6.18 Å². The highest BCUT2D eigenvalue weighted by Crippen LogP contribution is 2.33. The molecule has 2 rings (SSSR count). The Morgan fingerprint density at radius 3 is 2.48 bits per heavy atom. The molecule has 0 aliphatic rings. The molecule has 1 N–H and O–H groups in total. The van der Waals surface area contributed by atoms with Crippen molar-refractivity contribution >= 4 is 22.4 Å². The Morgan fingerprint density at radius 2 is 1.95 bits per heavy atom. The van der Waals surface area contributed by atoms with E-state index in [9.17, 15) is 18.0 Å². The first kappa shape index (κ1) is 15.2. The maximum absolute atomic E-state index is 12.4. The monoisotopic (exact) mass is 317 g/mol. The van der Waals surface area contributed by atoms with Gasteiger partial charge in [0.15, 0.2) is 0 Å². The molecule has 1 heterocycles. The van der Waals surface area contributed by atoms with Gasteiger partial charge in [-0.3, -0.25) is 10.1 Å². The molecule has 0 fully saturated rings. The lowest BCUT2D eigenvalue weighted by Gasteiger charge is -2.04. The van der Waals surface area contributed by atoms with Gasteiger partial charge in [-0.25, -0.2) is 0 Å². The van der Waals surface area contributed by atoms with E-state index < -0.39 is 17.1 Å². The summed E-state index contributed by atoms with van der Waals surface area (Å²) in [5.74, 6) is 0.0345. The predicted octanol–water partition coefficient (Wildman–Crippen LogP) is 3.21. The molecule has 2 aromatic rings. The second kappa shape index (κ2) is 6.08. The first-order valence-electron chi connectivity index (χ1n) is 5.85. The molecular weight excluding hydrogens is 307 g/mol. The minimum absolute atomic E-state index is 0.207. The fourth-order valence-corrected chi connectivity index (χ4v) is 2.03. The third-order valence-electron chi connectivity index (χ3n) is 2.32. The van der Waals surface area contributed by atoms with E-state index in [2.05, 4.69) is 15.5 Å². The summed E-state index contributed by atoms with van der Waals surface area (Å²) in [7, 11) is 0. The van der Waals surface area contributed by atoms with E-state index in [0.717, 1.165) is 0 Å². The Hall–Kier alpha value is -2.16. The Morgan fingerprint density at radius 1 is 1.29 bits per heavy atom. The van der Waals surface area contributed by atoms with E-state index in [1.165, 1.54) is 12.1 Å². The lowest BCUT2D eigenvalue weighted by Crippen LogP contribution is -2.11. The van der Waals surface area contributed by atoms with Gasteiger partial charge in [-0.2, -0.15) is 13.2 Å². The van der Waals surface area contributed by atoms with Crippen LogP contribution in [0.4, 0.5) is 18.3 Å². The van der Waals surface area contributed by atoms with E-state index in [0.29, 0.717) is 12.4 Å². The Kier molecular flexibility index (Phi) is 4.41. The van der Waals surface area contributed by atoms with Gasteiger partial charge < -0.3 is 4.74 Å². The van der Waals surface area contributed by atoms with Crippen molar-refractivity contribution in [2.24, 2.45) is 0 Å². The molecule has 112 valence electrons. The van der Waals surface area contributed by atoms with Gasteiger partial charge in [0.25, 0.3) is 5.91 Å². The van der Waals surface area contributed by atoms with E-state index in [-0.39, 0.29) is 22.0 Å². The van der Waals surface area contributed by atoms with Crippen LogP contribution in [0.2, 0.25) is 0 Å². The van der Waals surface area contributed by atoms with Crippen LogP contribution in [0.5, 0.6) is 5.75 Å². The Bertz CT molecular complexity index is 625. The first-order chi connectivity index (χ1) is 9.90. The summed E-state index contributed by atoms with van der Waals surface area (Å²) in [6.45, 7) is 2.32. The third-order valence-corrected chi connectivity index (χ3v) is 3.20. The number of anilines is 1. The van der Waals surface area contributed by atoms with Gasteiger partial charge >= 0.3 is 6.18 Å². The average molecular weight is 317 g/mol. The largest absolute Gasteiger partial charge is 0.494 e. The van der Waals surface area contributed by atoms with Crippen molar-refractivity contribution < 1.29 is 22.7 Å². The van der Waals surface area contributed by atoms with E-state index in [1.807, 2.05) is 6.92 Å². The second-order valence-corrected chi connectivity index (χ2v) is 4.80. The molecule has 9 heteroatoms. The standard InChI is InChI=1S/C12H10F3N3O2S/c1-2-20-8-5-3-7(4-6-8)9(19)16-11-18-17-10(21-11)12(13,14)15/h3-6H,2H2,1H3,(H,16,18,19). The quantitative estimate of drug-likeness (QED) is 0.940. The molecule has 0 unspecified atom stereocenters. The van der Waals surface area contributed by atoms with Gasteiger partial charge in [0, 0.05) is 5.56 Å². The second-order valence-electron chi connectivity index (χ2n) is 3.82. The van der Waals surface area contributed by atoms with Crippen LogP contribution in [0.1, 0.15) is 22.3 Å². The maximum atomic E-state index is 12.4. The topological polar surface area (TPSA) is 64.1 Å². The molecule has 0 radical (unpaired) electrons. The van der Waals surface area contributed by atoms with Crippen molar-refractivity contribution in [2.75, 3.05) is 11.9 Å². The van der Waals surface area contributed by atoms with Crippen molar-refractivity contribution in [3.8, 4) is 5.75 Å². The number of aromatic nitrogens is 2. The molecule has 0 saturated carbocycles. The molecule has 21 heavy (non-hydrogen) atoms. The number of nitrogens with one attached hydrogen (secondary N) is 1. The first-order valence-corrected chi connectivity index (χ1v) is 6.66. The van der Waals surface area contributed by atoms with Crippen LogP contribution >= 0.6 is 11.3 Å². The highest BCUT2D eigenvalue weighted by atomic mass is 32.1. The molecule has 5 nitrogen and oxygen atoms in total. The highest BCUT2D eigenvalue weighted by molar-refractivity contribution is 7.15. The van der Waals surface area contributed by atoms with Gasteiger partial charge in [-0.1, -0.05) is 11.3 Å². The molecular formula is C12H10F3N3O2S. The Labute approximate surface area is 121 Å². The number of amides is 1. The van der Waals surface area contributed by atoms with Crippen LogP contribution < -0.4 is 10.1 Å².